The van der Waals surface area contributed by atoms with E-state index in [9.17, 15) is 13.2 Å². The number of hydrogen-bond acceptors (Lipinski definition) is 5. The highest BCUT2D eigenvalue weighted by molar-refractivity contribution is 7.90. The molecule has 0 fully saturated rings. The van der Waals surface area contributed by atoms with Crippen molar-refractivity contribution in [1.82, 2.24) is 4.72 Å². The van der Waals surface area contributed by atoms with Crippen molar-refractivity contribution in [3.63, 3.8) is 0 Å². The van der Waals surface area contributed by atoms with E-state index in [4.69, 9.17) is 10.8 Å². The zero-order valence-electron chi connectivity index (χ0n) is 9.25. The van der Waals surface area contributed by atoms with Crippen LogP contribution < -0.4 is 10.5 Å². The molecule has 0 aliphatic carbocycles. The van der Waals surface area contributed by atoms with Gasteiger partial charge in [-0.2, -0.15) is 0 Å². The molecule has 6 nitrogen and oxygen atoms in total. The number of rotatable bonds is 1. The lowest BCUT2D eigenvalue weighted by Gasteiger charge is -1.91. The van der Waals surface area contributed by atoms with E-state index in [1.807, 2.05) is 4.72 Å². The summed E-state index contributed by atoms with van der Waals surface area (Å²) < 4.78 is 24.2. The average Bonchev–Trinajstić information content (AvgIpc) is 2.51. The van der Waals surface area contributed by atoms with Crippen LogP contribution in [0.1, 0.15) is 17.3 Å². The van der Waals surface area contributed by atoms with Gasteiger partial charge in [0.15, 0.2) is 0 Å². The Morgan fingerprint density at radius 1 is 1.41 bits per heavy atom. The van der Waals surface area contributed by atoms with Gasteiger partial charge in [0.1, 0.15) is 4.90 Å². The first-order chi connectivity index (χ1) is 7.88. The number of sulfonamides is 1. The Morgan fingerprint density at radius 3 is 2.41 bits per heavy atom. The van der Waals surface area contributed by atoms with Crippen LogP contribution in [0, 0.1) is 0 Å². The van der Waals surface area contributed by atoms with Crippen molar-refractivity contribution in [1.29, 1.82) is 0 Å². The van der Waals surface area contributed by atoms with Crippen LogP contribution in [0.15, 0.2) is 29.2 Å². The zero-order chi connectivity index (χ0) is 13.1. The third-order valence-electron chi connectivity index (χ3n) is 1.99. The number of aliphatic hydroxyl groups is 1. The molecule has 1 atom stereocenters. The molecular formula is C10H14N2O4S. The molecule has 1 aliphatic rings. The van der Waals surface area contributed by atoms with Gasteiger partial charge in [0.05, 0.1) is 11.7 Å². The second kappa shape index (κ2) is 5.26. The standard InChI is InChI=1S/C7H5NO3S.C3H9NO/c9-7-5-3-1-2-4-6(5)12(10,11)8-7;1-3(5)2-4/h1-4H,(H,8,9);3,5H,2,4H2,1H3. The molecule has 0 aromatic heterocycles. The van der Waals surface area contributed by atoms with Crippen molar-refractivity contribution >= 4 is 15.9 Å². The highest BCUT2D eigenvalue weighted by Crippen LogP contribution is 2.20. The van der Waals surface area contributed by atoms with Crippen LogP contribution >= 0.6 is 0 Å². The average molecular weight is 258 g/mol. The summed E-state index contributed by atoms with van der Waals surface area (Å²) in [5.41, 5.74) is 5.14. The molecular weight excluding hydrogens is 244 g/mol. The van der Waals surface area contributed by atoms with Gasteiger partial charge < -0.3 is 10.8 Å². The molecule has 0 spiro atoms. The predicted molar refractivity (Wildman–Crippen MR) is 61.8 cm³/mol. The maximum Gasteiger partial charge on any atom is 0.266 e. The Balaban J connectivity index is 0.000000249. The van der Waals surface area contributed by atoms with Crippen LogP contribution in [0.5, 0.6) is 0 Å². The number of aliphatic hydroxyl groups excluding tert-OH is 1. The van der Waals surface area contributed by atoms with E-state index < -0.39 is 15.9 Å². The van der Waals surface area contributed by atoms with Gasteiger partial charge in [-0.1, -0.05) is 12.1 Å². The molecule has 17 heavy (non-hydrogen) atoms. The summed E-state index contributed by atoms with van der Waals surface area (Å²) in [4.78, 5) is 11.1. The van der Waals surface area contributed by atoms with Crippen LogP contribution in [0.3, 0.4) is 0 Å². The number of benzene rings is 1. The highest BCUT2D eigenvalue weighted by Gasteiger charge is 2.31. The first kappa shape index (κ1) is 13.6. The number of fused-ring (bicyclic) bond motifs is 1. The third kappa shape index (κ3) is 3.26. The topological polar surface area (TPSA) is 109 Å². The van der Waals surface area contributed by atoms with Gasteiger partial charge in [0.2, 0.25) is 0 Å². The molecule has 0 saturated carbocycles. The van der Waals surface area contributed by atoms with E-state index in [0.29, 0.717) is 6.54 Å². The first-order valence-corrected chi connectivity index (χ1v) is 6.41. The van der Waals surface area contributed by atoms with E-state index in [1.165, 1.54) is 12.1 Å². The minimum absolute atomic E-state index is 0.0648. The van der Waals surface area contributed by atoms with Gasteiger partial charge in [0, 0.05) is 6.54 Å². The molecule has 0 bridgehead atoms. The fourth-order valence-corrected chi connectivity index (χ4v) is 2.29. The van der Waals surface area contributed by atoms with Crippen molar-refractivity contribution in [3.05, 3.63) is 29.8 Å². The number of carbonyl (C=O) groups is 1. The maximum atomic E-state index is 11.1. The molecule has 1 aromatic carbocycles. The van der Waals surface area contributed by atoms with Crippen molar-refractivity contribution in [2.45, 2.75) is 17.9 Å². The van der Waals surface area contributed by atoms with Crippen LogP contribution in [0.4, 0.5) is 0 Å². The molecule has 1 aliphatic heterocycles. The summed E-state index contributed by atoms with van der Waals surface area (Å²) in [6.45, 7) is 2.01. The minimum Gasteiger partial charge on any atom is -0.392 e. The highest BCUT2D eigenvalue weighted by atomic mass is 32.2. The molecule has 2 rings (SSSR count). The SMILES string of the molecule is CC(O)CN.O=C1NS(=O)(=O)c2ccccc21. The zero-order valence-corrected chi connectivity index (χ0v) is 10.1. The molecule has 1 aromatic rings. The van der Waals surface area contributed by atoms with Crippen LogP contribution in [0.2, 0.25) is 0 Å². The van der Waals surface area contributed by atoms with Gasteiger partial charge in [-0.25, -0.2) is 13.1 Å². The van der Waals surface area contributed by atoms with Gasteiger partial charge >= 0.3 is 0 Å². The number of amides is 1. The summed E-state index contributed by atoms with van der Waals surface area (Å²) >= 11 is 0. The van der Waals surface area contributed by atoms with Crippen molar-refractivity contribution < 1.29 is 18.3 Å². The fourth-order valence-electron chi connectivity index (χ4n) is 1.12. The summed E-state index contributed by atoms with van der Waals surface area (Å²) in [6.07, 6.45) is -0.338. The summed E-state index contributed by atoms with van der Waals surface area (Å²) in [6, 6.07) is 6.09. The minimum atomic E-state index is -3.55. The second-order valence-electron chi connectivity index (χ2n) is 3.52. The molecule has 94 valence electrons. The number of nitrogens with one attached hydrogen (secondary N) is 1. The molecule has 1 unspecified atom stereocenters. The molecule has 1 heterocycles. The maximum absolute atomic E-state index is 11.1. The lowest BCUT2D eigenvalue weighted by atomic mass is 10.2. The smallest absolute Gasteiger partial charge is 0.266 e. The number of nitrogens with two attached hydrogens (primary N) is 1. The third-order valence-corrected chi connectivity index (χ3v) is 3.38. The largest absolute Gasteiger partial charge is 0.392 e. The lowest BCUT2D eigenvalue weighted by Crippen LogP contribution is -2.20. The molecule has 7 heteroatoms. The van der Waals surface area contributed by atoms with E-state index >= 15 is 0 Å². The van der Waals surface area contributed by atoms with Crippen molar-refractivity contribution in [3.8, 4) is 0 Å². The van der Waals surface area contributed by atoms with Crippen LogP contribution in [0.25, 0.3) is 0 Å². The second-order valence-corrected chi connectivity index (χ2v) is 5.17. The van der Waals surface area contributed by atoms with E-state index in [0.717, 1.165) is 0 Å². The van der Waals surface area contributed by atoms with E-state index in [-0.39, 0.29) is 16.6 Å². The number of carbonyl (C=O) groups excluding carboxylic acids is 1. The molecule has 0 radical (unpaired) electrons. The van der Waals surface area contributed by atoms with Crippen molar-refractivity contribution in [2.75, 3.05) is 6.54 Å². The summed E-state index contributed by atoms with van der Waals surface area (Å²) in [5.74, 6) is -0.550. The molecule has 4 N–H and O–H groups in total. The number of hydrogen-bond donors (Lipinski definition) is 3. The van der Waals surface area contributed by atoms with Gasteiger partial charge in [0.25, 0.3) is 15.9 Å². The Bertz CT molecular complexity index is 511. The van der Waals surface area contributed by atoms with E-state index in [1.54, 1.807) is 19.1 Å². The molecule has 0 saturated heterocycles. The Labute approximate surface area is 99.5 Å². The van der Waals surface area contributed by atoms with Gasteiger partial charge in [-0.15, -0.1) is 0 Å². The fraction of sp³-hybridized carbons (Fsp3) is 0.300. The normalized spacial score (nSPS) is 17.5. The summed E-state index contributed by atoms with van der Waals surface area (Å²) in [5, 5.41) is 8.24. The van der Waals surface area contributed by atoms with Gasteiger partial charge in [-0.05, 0) is 19.1 Å². The Morgan fingerprint density at radius 2 is 1.94 bits per heavy atom. The van der Waals surface area contributed by atoms with Crippen LogP contribution in [-0.4, -0.2) is 32.1 Å². The van der Waals surface area contributed by atoms with Gasteiger partial charge in [-0.3, -0.25) is 4.79 Å². The first-order valence-electron chi connectivity index (χ1n) is 4.93. The quantitative estimate of drug-likeness (QED) is 0.626. The summed E-state index contributed by atoms with van der Waals surface area (Å²) in [7, 11) is -3.55. The Hall–Kier alpha value is -1.44. The lowest BCUT2D eigenvalue weighted by molar-refractivity contribution is 0.0985. The predicted octanol–water partition coefficient (Wildman–Crippen LogP) is -0.555. The molecule has 1 amide bonds. The van der Waals surface area contributed by atoms with E-state index in [2.05, 4.69) is 0 Å². The van der Waals surface area contributed by atoms with Crippen molar-refractivity contribution in [2.24, 2.45) is 5.73 Å². The van der Waals surface area contributed by atoms with Crippen LogP contribution in [-0.2, 0) is 10.0 Å². The monoisotopic (exact) mass is 258 g/mol. The Kier molecular flexibility index (Phi) is 4.22.